The Labute approximate surface area is 200 Å². The molecule has 2 aromatic heterocycles. The fourth-order valence-corrected chi connectivity index (χ4v) is 4.03. The van der Waals surface area contributed by atoms with Crippen molar-refractivity contribution in [1.82, 2.24) is 14.6 Å². The molecular weight excluding hydrogens is 448 g/mol. The molecule has 5 aromatic rings. The van der Waals surface area contributed by atoms with Gasteiger partial charge in [-0.15, -0.1) is 0 Å². The van der Waals surface area contributed by atoms with Gasteiger partial charge in [0.15, 0.2) is 5.65 Å². The van der Waals surface area contributed by atoms with Crippen molar-refractivity contribution in [3.05, 3.63) is 94.0 Å². The number of amides is 1. The van der Waals surface area contributed by atoms with E-state index < -0.39 is 0 Å². The highest BCUT2D eigenvalue weighted by Gasteiger charge is 2.24. The lowest BCUT2D eigenvalue weighted by atomic mass is 10.1. The maximum atomic E-state index is 13.4. The van der Waals surface area contributed by atoms with Gasteiger partial charge in [-0.1, -0.05) is 41.9 Å². The summed E-state index contributed by atoms with van der Waals surface area (Å²) >= 11 is 5.98. The number of hydrogen-bond acceptors (Lipinski definition) is 5. The van der Waals surface area contributed by atoms with Crippen LogP contribution in [0.4, 0.5) is 11.5 Å². The van der Waals surface area contributed by atoms with Crippen LogP contribution in [0.3, 0.4) is 0 Å². The first-order valence-electron chi connectivity index (χ1n) is 10.7. The molecule has 0 unspecified atom stereocenters. The molecule has 2 heterocycles. The maximum absolute atomic E-state index is 13.4. The van der Waals surface area contributed by atoms with Crippen molar-refractivity contribution in [2.45, 2.75) is 13.8 Å². The smallest absolute Gasteiger partial charge is 0.261 e. The number of carbonyl (C=O) groups is 1. The number of halogens is 1. The SMILES string of the molecule is Cc1cc(C)cc(NC(=O)c2c(N)n(/N=C/c3ccc(Cl)cc3)c3nc4ccccc4nc23)c1. The Morgan fingerprint density at radius 2 is 1.65 bits per heavy atom. The number of nitrogen functional groups attached to an aromatic ring is 1. The number of nitrogens with two attached hydrogens (primary N) is 1. The molecule has 3 aromatic carbocycles. The van der Waals surface area contributed by atoms with E-state index >= 15 is 0 Å². The second-order valence-corrected chi connectivity index (χ2v) is 8.52. The van der Waals surface area contributed by atoms with Crippen LogP contribution in [-0.4, -0.2) is 26.8 Å². The molecule has 0 saturated heterocycles. The highest BCUT2D eigenvalue weighted by Crippen LogP contribution is 2.29. The lowest BCUT2D eigenvalue weighted by Gasteiger charge is -2.08. The van der Waals surface area contributed by atoms with E-state index in [2.05, 4.69) is 10.4 Å². The standard InChI is InChI=1S/C26H21ClN6O/c1-15-11-16(2)13-19(12-15)30-26(34)22-23-25(32-21-6-4-3-5-20(21)31-23)33(24(22)28)29-14-17-7-9-18(27)10-8-17/h3-14H,28H2,1-2H3,(H,30,34)/b29-14+. The van der Waals surface area contributed by atoms with Crippen LogP contribution in [0.25, 0.3) is 22.2 Å². The minimum atomic E-state index is -0.377. The Morgan fingerprint density at radius 1 is 1.00 bits per heavy atom. The lowest BCUT2D eigenvalue weighted by molar-refractivity contribution is 0.102. The Hall–Kier alpha value is -4.23. The Kier molecular flexibility index (Phi) is 5.47. The molecule has 5 rings (SSSR count). The molecule has 1 amide bonds. The van der Waals surface area contributed by atoms with Gasteiger partial charge < -0.3 is 11.1 Å². The normalized spacial score (nSPS) is 11.5. The van der Waals surface area contributed by atoms with Crippen LogP contribution >= 0.6 is 11.6 Å². The largest absolute Gasteiger partial charge is 0.383 e. The van der Waals surface area contributed by atoms with E-state index in [1.807, 2.05) is 68.4 Å². The summed E-state index contributed by atoms with van der Waals surface area (Å²) < 4.78 is 1.44. The van der Waals surface area contributed by atoms with E-state index in [4.69, 9.17) is 27.3 Å². The highest BCUT2D eigenvalue weighted by molar-refractivity contribution is 6.30. The quantitative estimate of drug-likeness (QED) is 0.337. The number of benzene rings is 3. The molecule has 0 spiro atoms. The van der Waals surface area contributed by atoms with Crippen molar-refractivity contribution >= 4 is 57.4 Å². The first-order chi connectivity index (χ1) is 16.4. The minimum absolute atomic E-state index is 0.150. The van der Waals surface area contributed by atoms with Gasteiger partial charge in [-0.2, -0.15) is 9.78 Å². The van der Waals surface area contributed by atoms with Crippen molar-refractivity contribution in [3.8, 4) is 0 Å². The fraction of sp³-hybridized carbons (Fsp3) is 0.0769. The molecule has 0 aliphatic heterocycles. The van der Waals surface area contributed by atoms with Crippen LogP contribution in [0.2, 0.25) is 5.02 Å². The number of para-hydroxylation sites is 2. The summed E-state index contributed by atoms with van der Waals surface area (Å²) in [5.74, 6) is -0.227. The number of hydrogen-bond donors (Lipinski definition) is 2. The van der Waals surface area contributed by atoms with Crippen molar-refractivity contribution in [1.29, 1.82) is 0 Å². The van der Waals surface area contributed by atoms with E-state index in [1.165, 1.54) is 4.68 Å². The minimum Gasteiger partial charge on any atom is -0.383 e. The molecule has 34 heavy (non-hydrogen) atoms. The second kappa shape index (κ2) is 8.61. The zero-order chi connectivity index (χ0) is 23.8. The summed E-state index contributed by atoms with van der Waals surface area (Å²) in [6.07, 6.45) is 1.63. The van der Waals surface area contributed by atoms with E-state index in [0.29, 0.717) is 32.9 Å². The summed E-state index contributed by atoms with van der Waals surface area (Å²) in [6.45, 7) is 3.96. The molecule has 0 radical (unpaired) electrons. The van der Waals surface area contributed by atoms with Gasteiger partial charge in [-0.05, 0) is 66.9 Å². The molecule has 168 valence electrons. The molecule has 0 bridgehead atoms. The number of nitrogens with zero attached hydrogens (tertiary/aromatic N) is 4. The summed E-state index contributed by atoms with van der Waals surface area (Å²) in [7, 11) is 0. The van der Waals surface area contributed by atoms with Gasteiger partial charge >= 0.3 is 0 Å². The number of aromatic nitrogens is 3. The maximum Gasteiger partial charge on any atom is 0.261 e. The van der Waals surface area contributed by atoms with Crippen molar-refractivity contribution in [2.24, 2.45) is 5.10 Å². The monoisotopic (exact) mass is 468 g/mol. The van der Waals surface area contributed by atoms with Crippen molar-refractivity contribution < 1.29 is 4.79 Å². The van der Waals surface area contributed by atoms with Crippen LogP contribution < -0.4 is 11.1 Å². The third kappa shape index (κ3) is 4.09. The number of nitrogens with one attached hydrogen (secondary N) is 1. The van der Waals surface area contributed by atoms with Crippen molar-refractivity contribution in [3.63, 3.8) is 0 Å². The highest BCUT2D eigenvalue weighted by atomic mass is 35.5. The lowest BCUT2D eigenvalue weighted by Crippen LogP contribution is -2.14. The van der Waals surface area contributed by atoms with Crippen LogP contribution in [0.5, 0.6) is 0 Å². The fourth-order valence-electron chi connectivity index (χ4n) is 3.90. The van der Waals surface area contributed by atoms with Gasteiger partial charge in [0.25, 0.3) is 5.91 Å². The number of aryl methyl sites for hydroxylation is 2. The zero-order valence-corrected chi connectivity index (χ0v) is 19.3. The Morgan fingerprint density at radius 3 is 2.32 bits per heavy atom. The van der Waals surface area contributed by atoms with Gasteiger partial charge in [-0.25, -0.2) is 9.97 Å². The van der Waals surface area contributed by atoms with Gasteiger partial charge in [-0.3, -0.25) is 4.79 Å². The molecule has 0 fully saturated rings. The van der Waals surface area contributed by atoms with E-state index in [9.17, 15) is 4.79 Å². The molecular formula is C26H21ClN6O. The first-order valence-corrected chi connectivity index (χ1v) is 11.0. The average Bonchev–Trinajstić information content (AvgIpc) is 3.06. The third-order valence-electron chi connectivity index (χ3n) is 5.37. The molecule has 0 aliphatic rings. The molecule has 7 nitrogen and oxygen atoms in total. The topological polar surface area (TPSA) is 98.2 Å². The van der Waals surface area contributed by atoms with Crippen molar-refractivity contribution in [2.75, 3.05) is 11.1 Å². The van der Waals surface area contributed by atoms with Crippen LogP contribution in [0.1, 0.15) is 27.0 Å². The van der Waals surface area contributed by atoms with E-state index in [0.717, 1.165) is 16.7 Å². The summed E-state index contributed by atoms with van der Waals surface area (Å²) in [5.41, 5.74) is 12.4. The van der Waals surface area contributed by atoms with Gasteiger partial charge in [0.05, 0.1) is 17.2 Å². The van der Waals surface area contributed by atoms with Crippen LogP contribution in [0, 0.1) is 13.8 Å². The number of fused-ring (bicyclic) bond motifs is 2. The van der Waals surface area contributed by atoms with E-state index in [1.54, 1.807) is 18.3 Å². The second-order valence-electron chi connectivity index (χ2n) is 8.08. The zero-order valence-electron chi connectivity index (χ0n) is 18.6. The third-order valence-corrected chi connectivity index (χ3v) is 5.62. The van der Waals surface area contributed by atoms with Gasteiger partial charge in [0.1, 0.15) is 16.9 Å². The number of rotatable bonds is 4. The molecule has 0 saturated carbocycles. The molecule has 0 atom stereocenters. The number of carbonyl (C=O) groups excluding carboxylic acids is 1. The molecule has 3 N–H and O–H groups in total. The van der Waals surface area contributed by atoms with Crippen LogP contribution in [0.15, 0.2) is 71.8 Å². The Balaban J connectivity index is 1.65. The summed E-state index contributed by atoms with van der Waals surface area (Å²) in [5, 5.41) is 8.10. The first kappa shape index (κ1) is 21.6. The van der Waals surface area contributed by atoms with E-state index in [-0.39, 0.29) is 17.3 Å². The predicted octanol–water partition coefficient (Wildman–Crippen LogP) is 5.57. The summed E-state index contributed by atoms with van der Waals surface area (Å²) in [4.78, 5) is 22.8. The average molecular weight is 469 g/mol. The summed E-state index contributed by atoms with van der Waals surface area (Å²) in [6, 6.07) is 20.5. The Bertz CT molecular complexity index is 1570. The van der Waals surface area contributed by atoms with Crippen LogP contribution in [-0.2, 0) is 0 Å². The van der Waals surface area contributed by atoms with Gasteiger partial charge in [0, 0.05) is 10.7 Å². The van der Waals surface area contributed by atoms with Gasteiger partial charge in [0.2, 0.25) is 0 Å². The predicted molar refractivity (Wildman–Crippen MR) is 138 cm³/mol. The number of anilines is 2. The molecule has 0 aliphatic carbocycles. The molecule has 8 heteroatoms.